The van der Waals surface area contributed by atoms with Gasteiger partial charge in [-0.15, -0.1) is 5.92 Å². The van der Waals surface area contributed by atoms with E-state index in [1.807, 2.05) is 6.92 Å². The lowest BCUT2D eigenvalue weighted by Gasteiger charge is -2.40. The second-order valence-corrected chi connectivity index (χ2v) is 11.8. The molecule has 2 nitrogen and oxygen atoms in total. The molecule has 0 aromatic carbocycles. The summed E-state index contributed by atoms with van der Waals surface area (Å²) >= 11 is 0. The van der Waals surface area contributed by atoms with E-state index in [1.165, 1.54) is 5.57 Å². The van der Waals surface area contributed by atoms with Gasteiger partial charge in [0.2, 0.25) is 8.32 Å². The molecule has 0 aromatic rings. The maximum Gasteiger partial charge on any atom is 0.241 e. The summed E-state index contributed by atoms with van der Waals surface area (Å²) in [5, 5.41) is 0. The standard InChI is InChI=1S/C18H28O2Si/c1-6-7-8-9-12-18-15(13-17(18)19)10-11-16(18)14(2)20-21(3,4)5/h15H,6-8,10-11,13H2,1-5H3/b16-14-/t15-,18+/m0/s1. The predicted molar refractivity (Wildman–Crippen MR) is 89.2 cm³/mol. The van der Waals surface area contributed by atoms with Gasteiger partial charge in [0.25, 0.3) is 0 Å². The third-order valence-corrected chi connectivity index (χ3v) is 5.45. The zero-order valence-corrected chi connectivity index (χ0v) is 15.1. The molecule has 2 aliphatic carbocycles. The molecule has 2 aliphatic rings. The fraction of sp³-hybridized carbons (Fsp3) is 0.722. The summed E-state index contributed by atoms with van der Waals surface area (Å²) in [5.41, 5.74) is 0.715. The molecule has 0 unspecified atom stereocenters. The highest BCUT2D eigenvalue weighted by Gasteiger charge is 2.60. The van der Waals surface area contributed by atoms with Crippen LogP contribution in [0.4, 0.5) is 0 Å². The largest absolute Gasteiger partial charge is 0.548 e. The number of carbonyl (C=O) groups excluding carboxylic acids is 1. The molecule has 3 heteroatoms. The van der Waals surface area contributed by atoms with Crippen LogP contribution in [0.1, 0.15) is 52.4 Å². The van der Waals surface area contributed by atoms with Gasteiger partial charge in [0.05, 0.1) is 5.76 Å². The van der Waals surface area contributed by atoms with Gasteiger partial charge in [-0.25, -0.2) is 0 Å². The number of hydrogen-bond donors (Lipinski definition) is 0. The number of fused-ring (bicyclic) bond motifs is 1. The van der Waals surface area contributed by atoms with Gasteiger partial charge in [-0.2, -0.15) is 0 Å². The zero-order chi connectivity index (χ0) is 15.7. The molecule has 0 radical (unpaired) electrons. The predicted octanol–water partition coefficient (Wildman–Crippen LogP) is 4.67. The summed E-state index contributed by atoms with van der Waals surface area (Å²) in [5.74, 6) is 8.40. The Morgan fingerprint density at radius 3 is 2.71 bits per heavy atom. The van der Waals surface area contributed by atoms with Crippen LogP contribution < -0.4 is 0 Å². The molecular formula is C18H28O2Si. The monoisotopic (exact) mass is 304 g/mol. The summed E-state index contributed by atoms with van der Waals surface area (Å²) in [6.07, 6.45) is 5.96. The van der Waals surface area contributed by atoms with E-state index < -0.39 is 13.7 Å². The van der Waals surface area contributed by atoms with E-state index in [4.69, 9.17) is 4.43 Å². The molecular weight excluding hydrogens is 276 g/mol. The number of rotatable bonds is 4. The van der Waals surface area contributed by atoms with Crippen LogP contribution in [0.25, 0.3) is 0 Å². The van der Waals surface area contributed by atoms with Crippen molar-refractivity contribution in [3.8, 4) is 11.8 Å². The van der Waals surface area contributed by atoms with Crippen molar-refractivity contribution < 1.29 is 9.22 Å². The van der Waals surface area contributed by atoms with Crippen LogP contribution >= 0.6 is 0 Å². The zero-order valence-electron chi connectivity index (χ0n) is 14.1. The van der Waals surface area contributed by atoms with E-state index in [0.717, 1.165) is 37.9 Å². The first-order chi connectivity index (χ1) is 9.81. The smallest absolute Gasteiger partial charge is 0.241 e. The summed E-state index contributed by atoms with van der Waals surface area (Å²) in [6.45, 7) is 10.8. The fourth-order valence-electron chi connectivity index (χ4n) is 3.57. The van der Waals surface area contributed by atoms with Gasteiger partial charge in [0.15, 0.2) is 5.78 Å². The van der Waals surface area contributed by atoms with Crippen LogP contribution in [0, 0.1) is 23.2 Å². The molecule has 0 spiro atoms. The maximum absolute atomic E-state index is 12.4. The number of unbranched alkanes of at least 4 members (excludes halogenated alkanes) is 2. The van der Waals surface area contributed by atoms with Crippen molar-refractivity contribution in [3.63, 3.8) is 0 Å². The first-order valence-electron chi connectivity index (χ1n) is 8.24. The lowest BCUT2D eigenvalue weighted by molar-refractivity contribution is -0.135. The first kappa shape index (κ1) is 16.4. The third-order valence-electron chi connectivity index (χ3n) is 4.53. The minimum Gasteiger partial charge on any atom is -0.548 e. The van der Waals surface area contributed by atoms with Crippen molar-refractivity contribution in [1.82, 2.24) is 0 Å². The molecule has 0 saturated heterocycles. The Morgan fingerprint density at radius 1 is 1.43 bits per heavy atom. The highest BCUT2D eigenvalue weighted by Crippen LogP contribution is 2.58. The molecule has 2 saturated carbocycles. The summed E-state index contributed by atoms with van der Waals surface area (Å²) in [4.78, 5) is 12.4. The average molecular weight is 305 g/mol. The number of Topliss-reactive ketones (excluding diaryl/α,β-unsaturated/α-hetero) is 1. The molecule has 116 valence electrons. The van der Waals surface area contributed by atoms with Gasteiger partial charge >= 0.3 is 0 Å². The number of carbonyl (C=O) groups is 1. The molecule has 0 aromatic heterocycles. The molecule has 2 atom stereocenters. The molecule has 21 heavy (non-hydrogen) atoms. The average Bonchev–Trinajstić information content (AvgIpc) is 2.66. The molecule has 0 aliphatic heterocycles. The first-order valence-corrected chi connectivity index (χ1v) is 11.6. The Balaban J connectivity index is 2.30. The lowest BCUT2D eigenvalue weighted by Crippen LogP contribution is -2.47. The second-order valence-electron chi connectivity index (χ2n) is 7.33. The summed E-state index contributed by atoms with van der Waals surface area (Å²) in [7, 11) is -1.63. The Bertz CT molecular complexity index is 516. The summed E-state index contributed by atoms with van der Waals surface area (Å²) in [6, 6.07) is 0. The van der Waals surface area contributed by atoms with Gasteiger partial charge in [-0.3, -0.25) is 4.79 Å². The molecule has 0 amide bonds. The van der Waals surface area contributed by atoms with Gasteiger partial charge < -0.3 is 4.43 Å². The minimum absolute atomic E-state index is 0.322. The SMILES string of the molecule is CCCCC#C[C@@]12C(=O)C[C@@H]1CC/C2=C(\C)O[Si](C)(C)C. The van der Waals surface area contributed by atoms with Gasteiger partial charge in [-0.1, -0.05) is 19.3 Å². The Kier molecular flexibility index (Phi) is 4.68. The Morgan fingerprint density at radius 2 is 2.14 bits per heavy atom. The number of ketones is 1. The van der Waals surface area contributed by atoms with Crippen molar-refractivity contribution in [2.75, 3.05) is 0 Å². The van der Waals surface area contributed by atoms with Crippen molar-refractivity contribution in [2.24, 2.45) is 11.3 Å². The normalized spacial score (nSPS) is 30.1. The van der Waals surface area contributed by atoms with Crippen LogP contribution in [0.15, 0.2) is 11.3 Å². The van der Waals surface area contributed by atoms with Crippen molar-refractivity contribution >= 4 is 14.1 Å². The third kappa shape index (κ3) is 3.11. The lowest BCUT2D eigenvalue weighted by atomic mass is 9.59. The summed E-state index contributed by atoms with van der Waals surface area (Å²) < 4.78 is 6.17. The molecule has 2 fully saturated rings. The van der Waals surface area contributed by atoms with Gasteiger partial charge in [0, 0.05) is 12.8 Å². The molecule has 0 heterocycles. The van der Waals surface area contributed by atoms with Crippen LogP contribution in [0.2, 0.25) is 19.6 Å². The van der Waals surface area contributed by atoms with E-state index in [0.29, 0.717) is 18.1 Å². The highest BCUT2D eigenvalue weighted by atomic mass is 28.4. The van der Waals surface area contributed by atoms with Crippen molar-refractivity contribution in [2.45, 2.75) is 72.0 Å². The van der Waals surface area contributed by atoms with E-state index in [1.54, 1.807) is 0 Å². The maximum atomic E-state index is 12.4. The fourth-order valence-corrected chi connectivity index (χ4v) is 4.61. The van der Waals surface area contributed by atoms with Crippen molar-refractivity contribution in [3.05, 3.63) is 11.3 Å². The topological polar surface area (TPSA) is 26.3 Å². The Labute approximate surface area is 130 Å². The van der Waals surface area contributed by atoms with Gasteiger partial charge in [-0.05, 0) is 57.3 Å². The minimum atomic E-state index is -1.63. The molecule has 0 N–H and O–H groups in total. The highest BCUT2D eigenvalue weighted by molar-refractivity contribution is 6.70. The van der Waals surface area contributed by atoms with Crippen LogP contribution in [-0.4, -0.2) is 14.1 Å². The second kappa shape index (κ2) is 6.00. The van der Waals surface area contributed by atoms with Gasteiger partial charge in [0.1, 0.15) is 5.41 Å². The number of allylic oxidation sites excluding steroid dienone is 2. The van der Waals surface area contributed by atoms with E-state index in [2.05, 4.69) is 38.4 Å². The molecule has 2 rings (SSSR count). The Hall–Kier alpha value is -1.01. The van der Waals surface area contributed by atoms with E-state index in [-0.39, 0.29) is 0 Å². The van der Waals surface area contributed by atoms with Crippen LogP contribution in [0.5, 0.6) is 0 Å². The number of hydrogen-bond acceptors (Lipinski definition) is 2. The quantitative estimate of drug-likeness (QED) is 0.326. The molecule has 0 bridgehead atoms. The van der Waals surface area contributed by atoms with Crippen LogP contribution in [-0.2, 0) is 9.22 Å². The van der Waals surface area contributed by atoms with Crippen LogP contribution in [0.3, 0.4) is 0 Å². The van der Waals surface area contributed by atoms with E-state index >= 15 is 0 Å². The van der Waals surface area contributed by atoms with Crippen molar-refractivity contribution in [1.29, 1.82) is 0 Å². The van der Waals surface area contributed by atoms with E-state index in [9.17, 15) is 4.79 Å².